The highest BCUT2D eigenvalue weighted by Crippen LogP contribution is 2.10. The van der Waals surface area contributed by atoms with Crippen molar-refractivity contribution in [3.8, 4) is 5.75 Å². The third-order valence-corrected chi connectivity index (χ3v) is 3.91. The van der Waals surface area contributed by atoms with Crippen molar-refractivity contribution in [2.24, 2.45) is 4.99 Å². The van der Waals surface area contributed by atoms with Gasteiger partial charge in [-0.05, 0) is 41.8 Å². The van der Waals surface area contributed by atoms with E-state index in [1.807, 2.05) is 24.3 Å². The van der Waals surface area contributed by atoms with Crippen molar-refractivity contribution in [3.05, 3.63) is 65.5 Å². The molecule has 1 amide bonds. The first-order valence-electron chi connectivity index (χ1n) is 8.69. The van der Waals surface area contributed by atoms with Gasteiger partial charge in [0.15, 0.2) is 5.96 Å². The summed E-state index contributed by atoms with van der Waals surface area (Å²) < 4.78 is 18.0. The molecule has 28 heavy (non-hydrogen) atoms. The van der Waals surface area contributed by atoms with E-state index in [0.717, 1.165) is 23.3 Å². The summed E-state index contributed by atoms with van der Waals surface area (Å²) in [4.78, 5) is 16.1. The minimum atomic E-state index is -0.246. The van der Waals surface area contributed by atoms with Crippen molar-refractivity contribution in [1.29, 1.82) is 0 Å². The number of carbonyl (C=O) groups is 1. The van der Waals surface area contributed by atoms with Gasteiger partial charge in [0.1, 0.15) is 11.6 Å². The van der Waals surface area contributed by atoms with E-state index >= 15 is 0 Å². The van der Waals surface area contributed by atoms with Crippen molar-refractivity contribution in [3.63, 3.8) is 0 Å². The highest BCUT2D eigenvalue weighted by molar-refractivity contribution is 14.0. The molecule has 0 aliphatic heterocycles. The smallest absolute Gasteiger partial charge is 0.239 e. The predicted octanol–water partition coefficient (Wildman–Crippen LogP) is 2.48. The number of hydrogen-bond donors (Lipinski definition) is 3. The maximum Gasteiger partial charge on any atom is 0.239 e. The van der Waals surface area contributed by atoms with E-state index < -0.39 is 0 Å². The lowest BCUT2D eigenvalue weighted by molar-refractivity contribution is -0.120. The Hall–Kier alpha value is -2.36. The Balaban J connectivity index is 0.00000392. The molecule has 0 aromatic heterocycles. The lowest BCUT2D eigenvalue weighted by Crippen LogP contribution is -2.43. The van der Waals surface area contributed by atoms with E-state index in [-0.39, 0.29) is 42.2 Å². The van der Waals surface area contributed by atoms with Gasteiger partial charge >= 0.3 is 0 Å². The van der Waals surface area contributed by atoms with Crippen LogP contribution >= 0.6 is 24.0 Å². The minimum absolute atomic E-state index is 0. The minimum Gasteiger partial charge on any atom is -0.497 e. The lowest BCUT2D eigenvalue weighted by atomic mass is 10.1. The molecule has 8 heteroatoms. The fraction of sp³-hybridized carbons (Fsp3) is 0.300. The van der Waals surface area contributed by atoms with Crippen LogP contribution in [0.25, 0.3) is 0 Å². The molecule has 6 nitrogen and oxygen atoms in total. The number of carbonyl (C=O) groups excluding carboxylic acids is 1. The number of nitrogens with zero attached hydrogens (tertiary/aromatic N) is 1. The number of methoxy groups -OCH3 is 1. The number of ether oxygens (including phenoxy) is 1. The summed E-state index contributed by atoms with van der Waals surface area (Å²) in [5.41, 5.74) is 2.02. The van der Waals surface area contributed by atoms with E-state index in [9.17, 15) is 9.18 Å². The maximum atomic E-state index is 12.9. The zero-order chi connectivity index (χ0) is 19.5. The normalized spacial score (nSPS) is 10.6. The second-order valence-electron chi connectivity index (χ2n) is 5.85. The second-order valence-corrected chi connectivity index (χ2v) is 5.85. The first kappa shape index (κ1) is 23.7. The van der Waals surface area contributed by atoms with Crippen LogP contribution in [0.3, 0.4) is 0 Å². The average molecular weight is 500 g/mol. The van der Waals surface area contributed by atoms with E-state index in [2.05, 4.69) is 20.9 Å². The van der Waals surface area contributed by atoms with E-state index in [1.54, 1.807) is 26.3 Å². The van der Waals surface area contributed by atoms with E-state index in [1.165, 1.54) is 12.1 Å². The maximum absolute atomic E-state index is 12.9. The number of benzene rings is 2. The van der Waals surface area contributed by atoms with Crippen LogP contribution in [0.5, 0.6) is 5.75 Å². The van der Waals surface area contributed by atoms with Gasteiger partial charge in [0.2, 0.25) is 5.91 Å². The third-order valence-electron chi connectivity index (χ3n) is 3.91. The number of aliphatic imine (C=N–C) groups is 1. The van der Waals surface area contributed by atoms with Crippen LogP contribution in [0.2, 0.25) is 0 Å². The Morgan fingerprint density at radius 3 is 2.25 bits per heavy atom. The average Bonchev–Trinajstić information content (AvgIpc) is 2.70. The van der Waals surface area contributed by atoms with Gasteiger partial charge < -0.3 is 20.7 Å². The largest absolute Gasteiger partial charge is 0.497 e. The SMILES string of the molecule is CN=C(NCCc1ccc(F)cc1)NCC(=O)NCc1ccc(OC)cc1.I. The molecule has 152 valence electrons. The van der Waals surface area contributed by atoms with Gasteiger partial charge in [0, 0.05) is 20.1 Å². The molecule has 0 radical (unpaired) electrons. The summed E-state index contributed by atoms with van der Waals surface area (Å²) in [5.74, 6) is 0.941. The van der Waals surface area contributed by atoms with E-state index in [4.69, 9.17) is 4.74 Å². The number of halogens is 2. The molecule has 0 spiro atoms. The molecule has 0 fully saturated rings. The molecular weight excluding hydrogens is 474 g/mol. The summed E-state index contributed by atoms with van der Waals surface area (Å²) in [6.45, 7) is 1.19. The highest BCUT2D eigenvalue weighted by atomic mass is 127. The summed E-state index contributed by atoms with van der Waals surface area (Å²) in [6, 6.07) is 13.9. The third kappa shape index (κ3) is 8.55. The molecule has 2 aromatic carbocycles. The molecule has 2 rings (SSSR count). The van der Waals surface area contributed by atoms with Crippen molar-refractivity contribution in [1.82, 2.24) is 16.0 Å². The highest BCUT2D eigenvalue weighted by Gasteiger charge is 2.04. The molecule has 0 bridgehead atoms. The molecule has 0 atom stereocenters. The van der Waals surface area contributed by atoms with Crippen molar-refractivity contribution < 1.29 is 13.9 Å². The zero-order valence-electron chi connectivity index (χ0n) is 16.0. The lowest BCUT2D eigenvalue weighted by Gasteiger charge is -2.12. The van der Waals surface area contributed by atoms with Gasteiger partial charge in [-0.15, -0.1) is 24.0 Å². The Morgan fingerprint density at radius 2 is 1.64 bits per heavy atom. The molecule has 0 aliphatic rings. The van der Waals surface area contributed by atoms with Crippen LogP contribution < -0.4 is 20.7 Å². The van der Waals surface area contributed by atoms with Crippen LogP contribution in [-0.4, -0.2) is 39.1 Å². The number of amides is 1. The van der Waals surface area contributed by atoms with Crippen LogP contribution in [0.1, 0.15) is 11.1 Å². The number of nitrogens with one attached hydrogen (secondary N) is 3. The Bertz CT molecular complexity index is 752. The van der Waals surface area contributed by atoms with Crippen molar-refractivity contribution in [2.75, 3.05) is 27.2 Å². The topological polar surface area (TPSA) is 74.8 Å². The molecule has 3 N–H and O–H groups in total. The summed E-state index contributed by atoms with van der Waals surface area (Å²) in [5, 5.41) is 8.93. The van der Waals surface area contributed by atoms with Crippen molar-refractivity contribution >= 4 is 35.8 Å². The molecule has 0 heterocycles. The Kier molecular flexibility index (Phi) is 10.9. The molecule has 2 aromatic rings. The van der Waals surface area contributed by atoms with Gasteiger partial charge in [0.25, 0.3) is 0 Å². The quantitative estimate of drug-likeness (QED) is 0.296. The van der Waals surface area contributed by atoms with Gasteiger partial charge in [0.05, 0.1) is 13.7 Å². The fourth-order valence-electron chi connectivity index (χ4n) is 2.37. The summed E-state index contributed by atoms with van der Waals surface area (Å²) in [7, 11) is 3.26. The van der Waals surface area contributed by atoms with Crippen LogP contribution in [0.4, 0.5) is 4.39 Å². The Morgan fingerprint density at radius 1 is 1.00 bits per heavy atom. The summed E-state index contributed by atoms with van der Waals surface area (Å²) in [6.07, 6.45) is 0.727. The number of hydrogen-bond acceptors (Lipinski definition) is 3. The van der Waals surface area contributed by atoms with E-state index in [0.29, 0.717) is 19.0 Å². The van der Waals surface area contributed by atoms with Gasteiger partial charge in [-0.2, -0.15) is 0 Å². The van der Waals surface area contributed by atoms with Gasteiger partial charge in [-0.1, -0.05) is 24.3 Å². The molecular formula is C20H26FIN4O2. The molecule has 0 saturated heterocycles. The summed E-state index contributed by atoms with van der Waals surface area (Å²) >= 11 is 0. The van der Waals surface area contributed by atoms with Gasteiger partial charge in [-0.25, -0.2) is 4.39 Å². The standard InChI is InChI=1S/C20H25FN4O2.HI/c1-22-20(23-12-11-15-3-7-17(21)8-4-15)25-14-19(26)24-13-16-5-9-18(27-2)10-6-16;/h3-10H,11-14H2,1-2H3,(H,24,26)(H2,22,23,25);1H. The van der Waals surface area contributed by atoms with Gasteiger partial charge in [-0.3, -0.25) is 9.79 Å². The monoisotopic (exact) mass is 500 g/mol. The number of guanidine groups is 1. The first-order valence-corrected chi connectivity index (χ1v) is 8.69. The van der Waals surface area contributed by atoms with Crippen LogP contribution in [-0.2, 0) is 17.8 Å². The van der Waals surface area contributed by atoms with Crippen molar-refractivity contribution in [2.45, 2.75) is 13.0 Å². The van der Waals surface area contributed by atoms with Crippen LogP contribution in [0.15, 0.2) is 53.5 Å². The fourth-order valence-corrected chi connectivity index (χ4v) is 2.37. The first-order chi connectivity index (χ1) is 13.1. The predicted molar refractivity (Wildman–Crippen MR) is 120 cm³/mol. The molecule has 0 saturated carbocycles. The zero-order valence-corrected chi connectivity index (χ0v) is 18.3. The Labute approximate surface area is 182 Å². The number of rotatable bonds is 8. The second kappa shape index (κ2) is 12.9. The molecule has 0 unspecified atom stereocenters. The van der Waals surface area contributed by atoms with Crippen LogP contribution in [0, 0.1) is 5.82 Å². The molecule has 0 aliphatic carbocycles.